The molecule has 2 atom stereocenters. The van der Waals surface area contributed by atoms with Crippen LogP contribution in [0, 0.1) is 11.8 Å². The molecule has 1 amide bonds. The van der Waals surface area contributed by atoms with Crippen LogP contribution in [0.1, 0.15) is 38.3 Å². The van der Waals surface area contributed by atoms with E-state index in [0.717, 1.165) is 30.6 Å². The third-order valence-electron chi connectivity index (χ3n) is 4.75. The first-order chi connectivity index (χ1) is 11.5. The number of amides is 1. The van der Waals surface area contributed by atoms with Crippen molar-refractivity contribution in [2.75, 3.05) is 11.9 Å². The van der Waals surface area contributed by atoms with Gasteiger partial charge < -0.3 is 10.6 Å². The number of nitrogens with one attached hydrogen (secondary N) is 2. The predicted octanol–water partition coefficient (Wildman–Crippen LogP) is 3.69. The van der Waals surface area contributed by atoms with Crippen LogP contribution in [0.5, 0.6) is 0 Å². The Morgan fingerprint density at radius 3 is 2.83 bits per heavy atom. The average molecular weight is 323 g/mol. The van der Waals surface area contributed by atoms with Crippen LogP contribution in [-0.4, -0.2) is 17.4 Å². The smallest absolute Gasteiger partial charge is 0.227 e. The monoisotopic (exact) mass is 323 g/mol. The van der Waals surface area contributed by atoms with Crippen LogP contribution >= 0.6 is 0 Å². The minimum absolute atomic E-state index is 0.0911. The Balaban J connectivity index is 1.69. The van der Waals surface area contributed by atoms with E-state index in [4.69, 9.17) is 0 Å². The second kappa shape index (κ2) is 6.63. The van der Waals surface area contributed by atoms with Gasteiger partial charge in [-0.3, -0.25) is 9.78 Å². The van der Waals surface area contributed by atoms with Gasteiger partial charge in [-0.15, -0.1) is 0 Å². The van der Waals surface area contributed by atoms with Crippen molar-refractivity contribution in [1.29, 1.82) is 0 Å². The summed E-state index contributed by atoms with van der Waals surface area (Å²) < 4.78 is 0. The number of rotatable bonds is 5. The van der Waals surface area contributed by atoms with Crippen LogP contribution in [0.25, 0.3) is 5.57 Å². The first kappa shape index (κ1) is 16.5. The first-order valence-corrected chi connectivity index (χ1v) is 8.53. The number of hydrogen-bond donors (Lipinski definition) is 2. The number of carbonyl (C=O) groups is 1. The fourth-order valence-corrected chi connectivity index (χ4v) is 3.28. The second-order valence-electron chi connectivity index (χ2n) is 6.94. The highest BCUT2D eigenvalue weighted by Crippen LogP contribution is 2.37. The molecular formula is C20H25N3O. The zero-order valence-electron chi connectivity index (χ0n) is 14.6. The van der Waals surface area contributed by atoms with Gasteiger partial charge in [0.1, 0.15) is 0 Å². The summed E-state index contributed by atoms with van der Waals surface area (Å²) in [6.07, 6.45) is 9.87. The van der Waals surface area contributed by atoms with Crippen molar-refractivity contribution in [2.45, 2.75) is 33.6 Å². The highest BCUT2D eigenvalue weighted by molar-refractivity contribution is 5.83. The normalized spacial score (nSPS) is 22.6. The molecule has 0 spiro atoms. The SMILES string of the molecule is C=C(/C=C(C)/C=C(\C)c1cncc2c1CCN2)NC(=O)[C@@H]1C[C@@H]1C. The molecule has 0 radical (unpaired) electrons. The van der Waals surface area contributed by atoms with Gasteiger partial charge in [0.15, 0.2) is 0 Å². The Bertz CT molecular complexity index is 745. The molecule has 1 saturated carbocycles. The summed E-state index contributed by atoms with van der Waals surface area (Å²) in [4.78, 5) is 16.3. The zero-order valence-corrected chi connectivity index (χ0v) is 14.6. The number of fused-ring (bicyclic) bond motifs is 1. The molecule has 1 aliphatic carbocycles. The lowest BCUT2D eigenvalue weighted by atomic mass is 9.99. The molecule has 0 bridgehead atoms. The zero-order chi connectivity index (χ0) is 17.3. The lowest BCUT2D eigenvalue weighted by Crippen LogP contribution is -2.23. The highest BCUT2D eigenvalue weighted by Gasteiger charge is 2.39. The maximum Gasteiger partial charge on any atom is 0.227 e. The lowest BCUT2D eigenvalue weighted by Gasteiger charge is -2.08. The van der Waals surface area contributed by atoms with Crippen molar-refractivity contribution in [3.05, 3.63) is 53.5 Å². The number of anilines is 1. The molecule has 3 rings (SSSR count). The molecule has 2 N–H and O–H groups in total. The molecule has 0 saturated heterocycles. The van der Waals surface area contributed by atoms with Crippen LogP contribution < -0.4 is 10.6 Å². The molecule has 126 valence electrons. The van der Waals surface area contributed by atoms with Gasteiger partial charge >= 0.3 is 0 Å². The van der Waals surface area contributed by atoms with E-state index in [9.17, 15) is 4.79 Å². The average Bonchev–Trinajstić information content (AvgIpc) is 3.07. The van der Waals surface area contributed by atoms with Crippen LogP contribution in [0.15, 0.2) is 42.4 Å². The van der Waals surface area contributed by atoms with Gasteiger partial charge in [0.25, 0.3) is 0 Å². The quantitative estimate of drug-likeness (QED) is 0.813. The minimum atomic E-state index is 0.0911. The van der Waals surface area contributed by atoms with E-state index < -0.39 is 0 Å². The van der Waals surface area contributed by atoms with Gasteiger partial charge in [-0.2, -0.15) is 0 Å². The van der Waals surface area contributed by atoms with Gasteiger partial charge in [0.05, 0.1) is 11.9 Å². The van der Waals surface area contributed by atoms with Crippen molar-refractivity contribution in [1.82, 2.24) is 10.3 Å². The van der Waals surface area contributed by atoms with Crippen LogP contribution in [-0.2, 0) is 11.2 Å². The van der Waals surface area contributed by atoms with E-state index >= 15 is 0 Å². The Morgan fingerprint density at radius 1 is 1.38 bits per heavy atom. The van der Waals surface area contributed by atoms with E-state index in [1.807, 2.05) is 25.4 Å². The van der Waals surface area contributed by atoms with Crippen molar-refractivity contribution in [3.63, 3.8) is 0 Å². The van der Waals surface area contributed by atoms with E-state index in [1.165, 1.54) is 16.7 Å². The van der Waals surface area contributed by atoms with Crippen LogP contribution in [0.2, 0.25) is 0 Å². The minimum Gasteiger partial charge on any atom is -0.383 e. The third-order valence-corrected chi connectivity index (χ3v) is 4.75. The van der Waals surface area contributed by atoms with E-state index in [0.29, 0.717) is 11.6 Å². The molecule has 1 aliphatic heterocycles. The van der Waals surface area contributed by atoms with Crippen molar-refractivity contribution < 1.29 is 4.79 Å². The fourth-order valence-electron chi connectivity index (χ4n) is 3.28. The van der Waals surface area contributed by atoms with E-state index in [2.05, 4.69) is 42.1 Å². The Kier molecular flexibility index (Phi) is 4.56. The Morgan fingerprint density at radius 2 is 2.12 bits per heavy atom. The second-order valence-corrected chi connectivity index (χ2v) is 6.94. The van der Waals surface area contributed by atoms with Crippen LogP contribution in [0.4, 0.5) is 5.69 Å². The number of allylic oxidation sites excluding steroid dienone is 4. The fraction of sp³-hybridized carbons (Fsp3) is 0.400. The molecule has 2 heterocycles. The summed E-state index contributed by atoms with van der Waals surface area (Å²) >= 11 is 0. The molecule has 0 unspecified atom stereocenters. The standard InChI is InChI=1S/C20H25N3O/c1-12(8-15(4)23-20(24)17-9-14(17)3)7-13(2)18-10-21-11-19-16(18)5-6-22-19/h7-8,10-11,14,17,22H,4-6,9H2,1-3H3,(H,23,24)/b12-8+,13-7+/t14-,17+/m0/s1. The Hall–Kier alpha value is -2.36. The van der Waals surface area contributed by atoms with Gasteiger partial charge in [-0.05, 0) is 55.4 Å². The van der Waals surface area contributed by atoms with Gasteiger partial charge in [-0.1, -0.05) is 19.6 Å². The molecule has 1 aromatic rings. The molecule has 24 heavy (non-hydrogen) atoms. The van der Waals surface area contributed by atoms with Crippen molar-refractivity contribution >= 4 is 17.2 Å². The predicted molar refractivity (Wildman–Crippen MR) is 98.4 cm³/mol. The molecule has 2 aliphatic rings. The summed E-state index contributed by atoms with van der Waals surface area (Å²) in [5, 5.41) is 6.25. The summed E-state index contributed by atoms with van der Waals surface area (Å²) in [5.74, 6) is 0.762. The van der Waals surface area contributed by atoms with Gasteiger partial charge in [0, 0.05) is 29.9 Å². The van der Waals surface area contributed by atoms with Crippen molar-refractivity contribution in [2.24, 2.45) is 11.8 Å². The molecule has 4 heteroatoms. The van der Waals surface area contributed by atoms with Crippen molar-refractivity contribution in [3.8, 4) is 0 Å². The number of hydrogen-bond acceptors (Lipinski definition) is 3. The number of nitrogens with zero attached hydrogens (tertiary/aromatic N) is 1. The highest BCUT2D eigenvalue weighted by atomic mass is 16.2. The molecule has 0 aromatic carbocycles. The van der Waals surface area contributed by atoms with Crippen LogP contribution in [0.3, 0.4) is 0 Å². The molecule has 1 aromatic heterocycles. The summed E-state index contributed by atoms with van der Waals surface area (Å²) in [5.41, 5.74) is 6.54. The summed E-state index contributed by atoms with van der Waals surface area (Å²) in [7, 11) is 0. The Labute approximate surface area is 143 Å². The van der Waals surface area contributed by atoms with Gasteiger partial charge in [-0.25, -0.2) is 0 Å². The maximum absolute atomic E-state index is 11.9. The van der Waals surface area contributed by atoms with E-state index in [1.54, 1.807) is 0 Å². The number of pyridine rings is 1. The molecule has 1 fully saturated rings. The number of carbonyl (C=O) groups excluding carboxylic acids is 1. The molecular weight excluding hydrogens is 298 g/mol. The summed E-state index contributed by atoms with van der Waals surface area (Å²) in [6.45, 7) is 11.1. The lowest BCUT2D eigenvalue weighted by molar-refractivity contribution is -0.121. The topological polar surface area (TPSA) is 54.0 Å². The van der Waals surface area contributed by atoms with E-state index in [-0.39, 0.29) is 11.8 Å². The molecule has 4 nitrogen and oxygen atoms in total. The third kappa shape index (κ3) is 3.58. The maximum atomic E-state index is 11.9. The van der Waals surface area contributed by atoms with Gasteiger partial charge in [0.2, 0.25) is 5.91 Å². The largest absolute Gasteiger partial charge is 0.383 e. The summed E-state index contributed by atoms with van der Waals surface area (Å²) in [6, 6.07) is 0. The first-order valence-electron chi connectivity index (χ1n) is 8.53. The number of aromatic nitrogens is 1.